The Bertz CT molecular complexity index is 1020. The first-order valence-corrected chi connectivity index (χ1v) is 8.83. The van der Waals surface area contributed by atoms with Gasteiger partial charge < -0.3 is 10.1 Å². The van der Waals surface area contributed by atoms with Gasteiger partial charge in [0.05, 0.1) is 17.1 Å². The fraction of sp³-hybridized carbons (Fsp3) is 0.150. The Morgan fingerprint density at radius 1 is 1.14 bits per heavy atom. The van der Waals surface area contributed by atoms with E-state index in [-0.39, 0.29) is 16.4 Å². The predicted molar refractivity (Wildman–Crippen MR) is 103 cm³/mol. The lowest BCUT2D eigenvalue weighted by molar-refractivity contribution is -0.123. The van der Waals surface area contributed by atoms with Crippen LogP contribution in [0.1, 0.15) is 23.0 Å². The number of hydrogen-bond acceptors (Lipinski definition) is 4. The number of halogens is 2. The third-order valence-corrected chi connectivity index (χ3v) is 4.34. The number of benzene rings is 2. The lowest BCUT2D eigenvalue weighted by Crippen LogP contribution is -2.30. The molecule has 0 unspecified atom stereocenters. The van der Waals surface area contributed by atoms with Crippen LogP contribution >= 0.6 is 11.6 Å². The summed E-state index contributed by atoms with van der Waals surface area (Å²) in [6, 6.07) is 14.8. The standard InChI is InChI=1S/C20H17ClFN3O3/c1-12-17(18(21)25(24-12)14-8-4-3-5-9-14)20(27)28-13(2)19(26)23-16-11-7-6-10-15(16)22/h3-11,13H,1-2H3,(H,23,26)/t13-/m1/s1. The number of ether oxygens (including phenoxy) is 1. The molecule has 3 rings (SSSR count). The number of rotatable bonds is 5. The monoisotopic (exact) mass is 401 g/mol. The molecule has 0 spiro atoms. The minimum atomic E-state index is -1.16. The first-order chi connectivity index (χ1) is 13.4. The molecule has 0 aliphatic rings. The van der Waals surface area contributed by atoms with Gasteiger partial charge in [0, 0.05) is 0 Å². The summed E-state index contributed by atoms with van der Waals surface area (Å²) in [5.74, 6) is -2.04. The molecule has 1 atom stereocenters. The molecular weight excluding hydrogens is 385 g/mol. The molecular formula is C20H17ClFN3O3. The molecule has 0 saturated heterocycles. The van der Waals surface area contributed by atoms with E-state index in [2.05, 4.69) is 10.4 Å². The lowest BCUT2D eigenvalue weighted by atomic mass is 10.2. The number of aryl methyl sites for hydroxylation is 1. The van der Waals surface area contributed by atoms with E-state index in [4.69, 9.17) is 16.3 Å². The maximum atomic E-state index is 13.7. The van der Waals surface area contributed by atoms with Crippen molar-refractivity contribution < 1.29 is 18.7 Å². The number of carbonyl (C=O) groups excluding carboxylic acids is 2. The molecule has 0 saturated carbocycles. The minimum absolute atomic E-state index is 0.00140. The van der Waals surface area contributed by atoms with Crippen molar-refractivity contribution in [1.29, 1.82) is 0 Å². The van der Waals surface area contributed by atoms with Gasteiger partial charge in [0.2, 0.25) is 0 Å². The van der Waals surface area contributed by atoms with Gasteiger partial charge in [-0.05, 0) is 38.1 Å². The van der Waals surface area contributed by atoms with Gasteiger partial charge in [0.15, 0.2) is 6.10 Å². The van der Waals surface area contributed by atoms with Gasteiger partial charge in [-0.2, -0.15) is 5.10 Å². The molecule has 1 amide bonds. The van der Waals surface area contributed by atoms with E-state index in [0.717, 1.165) is 0 Å². The van der Waals surface area contributed by atoms with Gasteiger partial charge in [0.1, 0.15) is 16.5 Å². The Morgan fingerprint density at radius 3 is 2.46 bits per heavy atom. The van der Waals surface area contributed by atoms with Gasteiger partial charge >= 0.3 is 5.97 Å². The lowest BCUT2D eigenvalue weighted by Gasteiger charge is -2.14. The van der Waals surface area contributed by atoms with E-state index in [1.807, 2.05) is 18.2 Å². The minimum Gasteiger partial charge on any atom is -0.449 e. The van der Waals surface area contributed by atoms with Gasteiger partial charge in [-0.1, -0.05) is 41.9 Å². The fourth-order valence-electron chi connectivity index (χ4n) is 2.54. The average Bonchev–Trinajstić information content (AvgIpc) is 2.98. The summed E-state index contributed by atoms with van der Waals surface area (Å²) in [7, 11) is 0. The van der Waals surface area contributed by atoms with E-state index in [1.165, 1.54) is 29.8 Å². The summed E-state index contributed by atoms with van der Waals surface area (Å²) < 4.78 is 20.3. The maximum Gasteiger partial charge on any atom is 0.344 e. The van der Waals surface area contributed by atoms with Crippen LogP contribution in [0.3, 0.4) is 0 Å². The van der Waals surface area contributed by atoms with Gasteiger partial charge in [0.25, 0.3) is 5.91 Å². The smallest absolute Gasteiger partial charge is 0.344 e. The second-order valence-corrected chi connectivity index (χ2v) is 6.37. The Morgan fingerprint density at radius 2 is 1.79 bits per heavy atom. The largest absolute Gasteiger partial charge is 0.449 e. The molecule has 6 nitrogen and oxygen atoms in total. The number of amides is 1. The number of nitrogens with zero attached hydrogens (tertiary/aromatic N) is 2. The molecule has 28 heavy (non-hydrogen) atoms. The van der Waals surface area contributed by atoms with E-state index >= 15 is 0 Å². The normalized spacial score (nSPS) is 11.7. The number of carbonyl (C=O) groups is 2. The molecule has 0 fully saturated rings. The van der Waals surface area contributed by atoms with Crippen molar-refractivity contribution in [3.05, 3.63) is 76.8 Å². The molecule has 3 aromatic rings. The Labute approximate surface area is 165 Å². The number of aromatic nitrogens is 2. The summed E-state index contributed by atoms with van der Waals surface area (Å²) in [5.41, 5.74) is 1.11. The maximum absolute atomic E-state index is 13.7. The Kier molecular flexibility index (Phi) is 5.75. The highest BCUT2D eigenvalue weighted by Gasteiger charge is 2.26. The Hall–Kier alpha value is -3.19. The van der Waals surface area contributed by atoms with Crippen molar-refractivity contribution in [2.75, 3.05) is 5.32 Å². The highest BCUT2D eigenvalue weighted by atomic mass is 35.5. The van der Waals surface area contributed by atoms with Gasteiger partial charge in [-0.15, -0.1) is 0 Å². The number of hydrogen-bond donors (Lipinski definition) is 1. The summed E-state index contributed by atoms with van der Waals surface area (Å²) >= 11 is 6.32. The molecule has 1 heterocycles. The Balaban J connectivity index is 1.75. The first kappa shape index (κ1) is 19.6. The molecule has 2 aromatic carbocycles. The van der Waals surface area contributed by atoms with E-state index in [1.54, 1.807) is 25.1 Å². The number of anilines is 1. The highest BCUT2D eigenvalue weighted by molar-refractivity contribution is 6.33. The topological polar surface area (TPSA) is 73.2 Å². The second-order valence-electron chi connectivity index (χ2n) is 6.02. The average molecular weight is 402 g/mol. The van der Waals surface area contributed by atoms with Crippen molar-refractivity contribution >= 4 is 29.2 Å². The summed E-state index contributed by atoms with van der Waals surface area (Å²) in [6.07, 6.45) is -1.16. The first-order valence-electron chi connectivity index (χ1n) is 8.45. The fourth-order valence-corrected chi connectivity index (χ4v) is 2.89. The van der Waals surface area contributed by atoms with Crippen LogP contribution in [0.25, 0.3) is 5.69 Å². The van der Waals surface area contributed by atoms with E-state index in [9.17, 15) is 14.0 Å². The van der Waals surface area contributed by atoms with Crippen molar-refractivity contribution in [1.82, 2.24) is 9.78 Å². The third kappa shape index (κ3) is 4.04. The van der Waals surface area contributed by atoms with Crippen LogP contribution in [0, 0.1) is 12.7 Å². The quantitative estimate of drug-likeness (QED) is 0.651. The van der Waals surface area contributed by atoms with Crippen LogP contribution in [0.4, 0.5) is 10.1 Å². The number of nitrogens with one attached hydrogen (secondary N) is 1. The predicted octanol–water partition coefficient (Wildman–Crippen LogP) is 4.16. The van der Waals surface area contributed by atoms with Gasteiger partial charge in [-0.25, -0.2) is 13.9 Å². The van der Waals surface area contributed by atoms with Gasteiger partial charge in [-0.3, -0.25) is 4.79 Å². The summed E-state index contributed by atoms with van der Waals surface area (Å²) in [5, 5.41) is 6.73. The highest BCUT2D eigenvalue weighted by Crippen LogP contribution is 2.24. The van der Waals surface area contributed by atoms with Crippen molar-refractivity contribution in [2.45, 2.75) is 20.0 Å². The zero-order chi connectivity index (χ0) is 20.3. The summed E-state index contributed by atoms with van der Waals surface area (Å²) in [6.45, 7) is 3.00. The molecule has 144 valence electrons. The van der Waals surface area contributed by atoms with Crippen LogP contribution in [0.2, 0.25) is 5.15 Å². The van der Waals surface area contributed by atoms with Crippen LogP contribution in [-0.4, -0.2) is 27.8 Å². The molecule has 0 bridgehead atoms. The molecule has 1 aromatic heterocycles. The summed E-state index contributed by atoms with van der Waals surface area (Å²) in [4.78, 5) is 24.8. The van der Waals surface area contributed by atoms with Crippen LogP contribution < -0.4 is 5.32 Å². The van der Waals surface area contributed by atoms with Crippen LogP contribution in [-0.2, 0) is 9.53 Å². The van der Waals surface area contributed by atoms with Crippen LogP contribution in [0.5, 0.6) is 0 Å². The second kappa shape index (κ2) is 8.22. The number of para-hydroxylation sites is 2. The number of esters is 1. The van der Waals surface area contributed by atoms with E-state index in [0.29, 0.717) is 11.4 Å². The SMILES string of the molecule is Cc1nn(-c2ccccc2)c(Cl)c1C(=O)O[C@H](C)C(=O)Nc1ccccc1F. The van der Waals surface area contributed by atoms with Crippen molar-refractivity contribution in [2.24, 2.45) is 0 Å². The molecule has 1 N–H and O–H groups in total. The van der Waals surface area contributed by atoms with Crippen molar-refractivity contribution in [3.63, 3.8) is 0 Å². The molecule has 8 heteroatoms. The van der Waals surface area contributed by atoms with E-state index < -0.39 is 23.8 Å². The zero-order valence-electron chi connectivity index (χ0n) is 15.1. The third-order valence-electron chi connectivity index (χ3n) is 3.99. The van der Waals surface area contributed by atoms with Crippen molar-refractivity contribution in [3.8, 4) is 5.69 Å². The van der Waals surface area contributed by atoms with Crippen LogP contribution in [0.15, 0.2) is 54.6 Å². The molecule has 0 aliphatic heterocycles. The molecule has 0 radical (unpaired) electrons. The zero-order valence-corrected chi connectivity index (χ0v) is 15.9. The molecule has 0 aliphatic carbocycles.